The van der Waals surface area contributed by atoms with Crippen molar-refractivity contribution >= 4 is 24.3 Å². The first-order valence-corrected chi connectivity index (χ1v) is 13.3. The van der Waals surface area contributed by atoms with Crippen LogP contribution in [0.1, 0.15) is 68.7 Å². The SMILES string of the molecule is C1=CC([N+](C2C=Cc3ccccc32)(C2C=Cc3ccccc32)C2C=Cc3ccccc32)c2ccccc21. The second-order valence-electron chi connectivity index (χ2n) is 10.6. The molecule has 8 rings (SSSR count). The Bertz CT molecular complexity index is 1410. The first kappa shape index (κ1) is 20.9. The normalized spacial score (nSPS) is 25.1. The quantitative estimate of drug-likeness (QED) is 0.259. The first-order valence-electron chi connectivity index (χ1n) is 13.3. The van der Waals surface area contributed by atoms with E-state index >= 15 is 0 Å². The van der Waals surface area contributed by atoms with Gasteiger partial charge < -0.3 is 0 Å². The molecule has 4 unspecified atom stereocenters. The summed E-state index contributed by atoms with van der Waals surface area (Å²) in [6, 6.07) is 36.9. The lowest BCUT2D eigenvalue weighted by atomic mass is 9.86. The molecule has 1 heteroatoms. The molecule has 0 saturated carbocycles. The van der Waals surface area contributed by atoms with E-state index < -0.39 is 0 Å². The lowest BCUT2D eigenvalue weighted by Crippen LogP contribution is -2.54. The molecule has 0 heterocycles. The van der Waals surface area contributed by atoms with Crippen molar-refractivity contribution in [1.82, 2.24) is 0 Å². The van der Waals surface area contributed by atoms with E-state index in [1.807, 2.05) is 0 Å². The molecular formula is C36H28N+. The van der Waals surface area contributed by atoms with Crippen molar-refractivity contribution in [2.45, 2.75) is 24.2 Å². The number of fused-ring (bicyclic) bond motifs is 4. The second-order valence-corrected chi connectivity index (χ2v) is 10.6. The van der Waals surface area contributed by atoms with E-state index in [1.165, 1.54) is 44.5 Å². The summed E-state index contributed by atoms with van der Waals surface area (Å²) >= 11 is 0. The molecule has 0 saturated heterocycles. The Morgan fingerprint density at radius 1 is 0.324 bits per heavy atom. The van der Waals surface area contributed by atoms with Crippen molar-refractivity contribution in [3.05, 3.63) is 166 Å². The molecule has 0 spiro atoms. The van der Waals surface area contributed by atoms with Gasteiger partial charge in [0.2, 0.25) is 0 Å². The standard InChI is InChI=1S/C36H28N/c1-5-13-29-25(9-1)17-21-33(29)37(34-22-18-26-10-2-6-14-30(26)34,35-23-19-27-11-3-7-15-31(27)35)36-24-20-28-12-4-8-16-32(28)36/h1-24,33-36H/q+1. The summed E-state index contributed by atoms with van der Waals surface area (Å²) in [5.74, 6) is 0. The second kappa shape index (κ2) is 7.90. The van der Waals surface area contributed by atoms with Gasteiger partial charge in [-0.1, -0.05) is 121 Å². The van der Waals surface area contributed by atoms with Crippen LogP contribution in [0.5, 0.6) is 0 Å². The lowest BCUT2D eigenvalue weighted by Gasteiger charge is -2.54. The maximum Gasteiger partial charge on any atom is 0.136 e. The fourth-order valence-electron chi connectivity index (χ4n) is 7.52. The first-order chi connectivity index (χ1) is 18.4. The number of nitrogens with zero attached hydrogens (tertiary/aromatic N) is 1. The van der Waals surface area contributed by atoms with E-state index in [-0.39, 0.29) is 24.2 Å². The van der Waals surface area contributed by atoms with Gasteiger partial charge in [0, 0.05) is 22.3 Å². The zero-order valence-corrected chi connectivity index (χ0v) is 20.6. The van der Waals surface area contributed by atoms with E-state index in [0.717, 1.165) is 4.48 Å². The molecule has 4 atom stereocenters. The van der Waals surface area contributed by atoms with Crippen LogP contribution in [0.4, 0.5) is 0 Å². The summed E-state index contributed by atoms with van der Waals surface area (Å²) in [4.78, 5) is 0. The average molecular weight is 475 g/mol. The van der Waals surface area contributed by atoms with Gasteiger partial charge in [-0.15, -0.1) is 0 Å². The fraction of sp³-hybridized carbons (Fsp3) is 0.111. The molecule has 1 nitrogen and oxygen atoms in total. The number of benzene rings is 4. The molecule has 0 aliphatic heterocycles. The van der Waals surface area contributed by atoms with Crippen LogP contribution in [0.3, 0.4) is 0 Å². The van der Waals surface area contributed by atoms with E-state index in [1.54, 1.807) is 0 Å². The molecule has 0 amide bonds. The molecule has 4 aromatic carbocycles. The van der Waals surface area contributed by atoms with Crippen molar-refractivity contribution in [2.75, 3.05) is 0 Å². The van der Waals surface area contributed by atoms with Crippen molar-refractivity contribution < 1.29 is 4.48 Å². The van der Waals surface area contributed by atoms with Crippen molar-refractivity contribution in [2.24, 2.45) is 0 Å². The number of quaternary nitrogens is 1. The number of hydrogen-bond acceptors (Lipinski definition) is 0. The largest absolute Gasteiger partial charge is 0.286 e. The van der Waals surface area contributed by atoms with Gasteiger partial charge in [-0.05, 0) is 46.6 Å². The van der Waals surface area contributed by atoms with E-state index in [9.17, 15) is 0 Å². The average Bonchev–Trinajstić information content (AvgIpc) is 3.75. The van der Waals surface area contributed by atoms with Gasteiger partial charge in [0.15, 0.2) is 0 Å². The van der Waals surface area contributed by atoms with Crippen molar-refractivity contribution in [3.63, 3.8) is 0 Å². The molecule has 4 aromatic rings. The highest BCUT2D eigenvalue weighted by atomic mass is 15.5. The molecule has 37 heavy (non-hydrogen) atoms. The third-order valence-electron chi connectivity index (χ3n) is 9.02. The summed E-state index contributed by atoms with van der Waals surface area (Å²) < 4.78 is 0.863. The Labute approximate surface area is 218 Å². The lowest BCUT2D eigenvalue weighted by molar-refractivity contribution is -1.01. The fourth-order valence-corrected chi connectivity index (χ4v) is 7.52. The molecular weight excluding hydrogens is 446 g/mol. The summed E-state index contributed by atoms with van der Waals surface area (Å²) in [6.45, 7) is 0. The van der Waals surface area contributed by atoms with Gasteiger partial charge in [-0.25, -0.2) is 0 Å². The minimum atomic E-state index is 0.207. The molecule has 0 radical (unpaired) electrons. The van der Waals surface area contributed by atoms with Crippen LogP contribution in [-0.4, -0.2) is 4.48 Å². The minimum Gasteiger partial charge on any atom is -0.286 e. The third-order valence-corrected chi connectivity index (χ3v) is 9.02. The monoisotopic (exact) mass is 474 g/mol. The maximum atomic E-state index is 2.49. The third kappa shape index (κ3) is 2.84. The van der Waals surface area contributed by atoms with E-state index in [0.29, 0.717) is 0 Å². The van der Waals surface area contributed by atoms with Crippen LogP contribution in [-0.2, 0) is 0 Å². The smallest absolute Gasteiger partial charge is 0.136 e. The molecule has 4 aliphatic rings. The predicted molar refractivity (Wildman–Crippen MR) is 153 cm³/mol. The highest BCUT2D eigenvalue weighted by Gasteiger charge is 2.57. The van der Waals surface area contributed by atoms with Crippen molar-refractivity contribution in [3.8, 4) is 0 Å². The molecule has 0 N–H and O–H groups in total. The molecule has 176 valence electrons. The summed E-state index contributed by atoms with van der Waals surface area (Å²) in [5.41, 5.74) is 11.1. The summed E-state index contributed by atoms with van der Waals surface area (Å²) in [5, 5.41) is 0. The van der Waals surface area contributed by atoms with Crippen LogP contribution in [0.25, 0.3) is 24.3 Å². The molecule has 0 aromatic heterocycles. The molecule has 0 fully saturated rings. The van der Waals surface area contributed by atoms with Gasteiger partial charge in [-0.3, -0.25) is 4.48 Å². The van der Waals surface area contributed by atoms with Crippen LogP contribution in [0, 0.1) is 0 Å². The highest BCUT2D eigenvalue weighted by molar-refractivity contribution is 5.67. The molecule has 0 bridgehead atoms. The van der Waals surface area contributed by atoms with E-state index in [4.69, 9.17) is 0 Å². The highest BCUT2D eigenvalue weighted by Crippen LogP contribution is 2.62. The van der Waals surface area contributed by atoms with Crippen LogP contribution < -0.4 is 0 Å². The van der Waals surface area contributed by atoms with Gasteiger partial charge >= 0.3 is 0 Å². The Morgan fingerprint density at radius 2 is 0.568 bits per heavy atom. The summed E-state index contributed by atoms with van der Waals surface area (Å²) in [6.07, 6.45) is 19.4. The van der Waals surface area contributed by atoms with Crippen LogP contribution >= 0.6 is 0 Å². The van der Waals surface area contributed by atoms with Gasteiger partial charge in [0.05, 0.1) is 0 Å². The van der Waals surface area contributed by atoms with Gasteiger partial charge in [0.1, 0.15) is 24.2 Å². The topological polar surface area (TPSA) is 0 Å². The Hall–Kier alpha value is -4.20. The Kier molecular flexibility index (Phi) is 4.47. The predicted octanol–water partition coefficient (Wildman–Crippen LogP) is 8.88. The maximum absolute atomic E-state index is 2.49. The van der Waals surface area contributed by atoms with E-state index in [2.05, 4.69) is 146 Å². The van der Waals surface area contributed by atoms with Gasteiger partial charge in [-0.2, -0.15) is 0 Å². The van der Waals surface area contributed by atoms with Crippen molar-refractivity contribution in [1.29, 1.82) is 0 Å². The number of hydrogen-bond donors (Lipinski definition) is 0. The molecule has 4 aliphatic carbocycles. The van der Waals surface area contributed by atoms with Crippen LogP contribution in [0.2, 0.25) is 0 Å². The Balaban J connectivity index is 1.47. The zero-order chi connectivity index (χ0) is 24.4. The zero-order valence-electron chi connectivity index (χ0n) is 20.6. The Morgan fingerprint density at radius 3 is 0.838 bits per heavy atom. The number of rotatable bonds is 4. The summed E-state index contributed by atoms with van der Waals surface area (Å²) in [7, 11) is 0. The van der Waals surface area contributed by atoms with Gasteiger partial charge in [0.25, 0.3) is 0 Å². The van der Waals surface area contributed by atoms with Crippen LogP contribution in [0.15, 0.2) is 121 Å². The minimum absolute atomic E-state index is 0.207.